The molecule has 0 saturated heterocycles. The van der Waals surface area contributed by atoms with E-state index in [0.29, 0.717) is 36.9 Å². The summed E-state index contributed by atoms with van der Waals surface area (Å²) in [7, 11) is 0. The number of anilines is 2. The molecule has 2 rings (SSSR count). The molecule has 0 radical (unpaired) electrons. The number of hydrogen-bond donors (Lipinski definition) is 1. The van der Waals surface area contributed by atoms with Crippen LogP contribution in [0.2, 0.25) is 0 Å². The van der Waals surface area contributed by atoms with Gasteiger partial charge in [-0.2, -0.15) is 0 Å². The van der Waals surface area contributed by atoms with Crippen molar-refractivity contribution in [2.45, 2.75) is 32.4 Å². The van der Waals surface area contributed by atoms with E-state index in [9.17, 15) is 18.8 Å². The third-order valence-corrected chi connectivity index (χ3v) is 5.69. The first kappa shape index (κ1) is 28.4. The van der Waals surface area contributed by atoms with Crippen LogP contribution in [0, 0.1) is 5.82 Å². The van der Waals surface area contributed by atoms with Gasteiger partial charge in [0, 0.05) is 42.6 Å². The van der Waals surface area contributed by atoms with Gasteiger partial charge in [0.1, 0.15) is 17.9 Å². The van der Waals surface area contributed by atoms with Gasteiger partial charge in [0.15, 0.2) is 0 Å². The number of benzene rings is 2. The summed E-state index contributed by atoms with van der Waals surface area (Å²) in [4.78, 5) is 40.6. The number of ether oxygens (including phenoxy) is 1. The van der Waals surface area contributed by atoms with Crippen molar-refractivity contribution in [2.24, 2.45) is 0 Å². The summed E-state index contributed by atoms with van der Waals surface area (Å²) < 4.78 is 18.4. The maximum Gasteiger partial charge on any atom is 0.328 e. The number of rotatable bonds is 14. The molecule has 0 aliphatic heterocycles. The minimum atomic E-state index is -0.976. The van der Waals surface area contributed by atoms with E-state index < -0.39 is 29.8 Å². The highest BCUT2D eigenvalue weighted by atomic mass is 35.5. The van der Waals surface area contributed by atoms with Gasteiger partial charge in [0.05, 0.1) is 6.61 Å². The van der Waals surface area contributed by atoms with Crippen molar-refractivity contribution in [1.82, 2.24) is 5.32 Å². The summed E-state index contributed by atoms with van der Waals surface area (Å²) in [5.74, 6) is -0.737. The molecule has 0 bridgehead atoms. The molecule has 0 saturated carbocycles. The molecule has 7 nitrogen and oxygen atoms in total. The van der Waals surface area contributed by atoms with Gasteiger partial charge >= 0.3 is 5.97 Å². The van der Waals surface area contributed by atoms with Crippen molar-refractivity contribution in [3.63, 3.8) is 0 Å². The highest BCUT2D eigenvalue weighted by Gasteiger charge is 2.28. The summed E-state index contributed by atoms with van der Waals surface area (Å²) in [6, 6.07) is 10.8. The fourth-order valence-electron chi connectivity index (χ4n) is 3.53. The Hall–Kier alpha value is -2.84. The smallest absolute Gasteiger partial charge is 0.328 e. The summed E-state index contributed by atoms with van der Waals surface area (Å²) in [6.07, 6.45) is 0.668. The molecule has 10 heteroatoms. The second-order valence-corrected chi connectivity index (χ2v) is 8.47. The highest BCUT2D eigenvalue weighted by molar-refractivity contribution is 6.18. The maximum atomic E-state index is 13.3. The van der Waals surface area contributed by atoms with Crippen LogP contribution in [0.15, 0.2) is 48.5 Å². The van der Waals surface area contributed by atoms with E-state index in [1.807, 2.05) is 29.2 Å². The summed E-state index contributed by atoms with van der Waals surface area (Å²) in [6.45, 7) is 4.57. The van der Waals surface area contributed by atoms with E-state index in [4.69, 9.17) is 27.9 Å². The predicted molar refractivity (Wildman–Crippen MR) is 137 cm³/mol. The SMILES string of the molecule is CCOC(=O)[C@H](Cc1cccc(N(CCCl)CCCl)c1)NC(=O)C(C)N(C=O)c1ccc(F)cc1. The van der Waals surface area contributed by atoms with Gasteiger partial charge in [0.25, 0.3) is 0 Å². The summed E-state index contributed by atoms with van der Waals surface area (Å²) >= 11 is 11.8. The zero-order chi connectivity index (χ0) is 25.8. The highest BCUT2D eigenvalue weighted by Crippen LogP contribution is 2.19. The molecule has 35 heavy (non-hydrogen) atoms. The number of nitrogens with one attached hydrogen (secondary N) is 1. The second kappa shape index (κ2) is 14.5. The van der Waals surface area contributed by atoms with Crippen molar-refractivity contribution < 1.29 is 23.5 Å². The number of halogens is 3. The zero-order valence-corrected chi connectivity index (χ0v) is 21.3. The number of esters is 1. The van der Waals surface area contributed by atoms with Crippen LogP contribution in [0.3, 0.4) is 0 Å². The van der Waals surface area contributed by atoms with Gasteiger partial charge in [-0.1, -0.05) is 12.1 Å². The normalized spacial score (nSPS) is 12.4. The molecule has 2 aromatic carbocycles. The molecule has 1 unspecified atom stereocenters. The predicted octanol–water partition coefficient (Wildman–Crippen LogP) is 3.75. The van der Waals surface area contributed by atoms with Gasteiger partial charge in [0.2, 0.25) is 12.3 Å². The number of carbonyl (C=O) groups excluding carboxylic acids is 3. The lowest BCUT2D eigenvalue weighted by molar-refractivity contribution is -0.147. The molecule has 0 aliphatic carbocycles. The number of carbonyl (C=O) groups is 3. The molecular formula is C25H30Cl2FN3O4. The third-order valence-electron chi connectivity index (χ3n) is 5.35. The van der Waals surface area contributed by atoms with Crippen LogP contribution < -0.4 is 15.1 Å². The van der Waals surface area contributed by atoms with Crippen LogP contribution in [0.25, 0.3) is 0 Å². The Kier molecular flexibility index (Phi) is 11.8. The van der Waals surface area contributed by atoms with E-state index in [0.717, 1.165) is 16.2 Å². The van der Waals surface area contributed by atoms with Crippen LogP contribution in [0.4, 0.5) is 15.8 Å². The van der Waals surface area contributed by atoms with E-state index in [1.165, 1.54) is 31.2 Å². The first-order valence-corrected chi connectivity index (χ1v) is 12.3. The van der Waals surface area contributed by atoms with Crippen LogP contribution in [-0.2, 0) is 25.5 Å². The van der Waals surface area contributed by atoms with Crippen molar-refractivity contribution in [3.8, 4) is 0 Å². The standard InChI is InChI=1S/C25H30Cl2FN3O4/c1-3-35-25(34)23(16-19-5-4-6-22(15-19)30(13-11-26)14-12-27)29-24(33)18(2)31(17-32)21-9-7-20(28)8-10-21/h4-10,15,17-18,23H,3,11-14,16H2,1-2H3,(H,29,33)/t18?,23-/m0/s1. The fourth-order valence-corrected chi connectivity index (χ4v) is 3.94. The zero-order valence-electron chi connectivity index (χ0n) is 19.8. The molecule has 2 aromatic rings. The monoisotopic (exact) mass is 525 g/mol. The molecule has 0 spiro atoms. The minimum absolute atomic E-state index is 0.149. The summed E-state index contributed by atoms with van der Waals surface area (Å²) in [5, 5.41) is 2.70. The number of nitrogens with zero attached hydrogens (tertiary/aromatic N) is 2. The number of hydrogen-bond acceptors (Lipinski definition) is 5. The molecule has 0 fully saturated rings. The van der Waals surface area contributed by atoms with E-state index >= 15 is 0 Å². The van der Waals surface area contributed by atoms with Gasteiger partial charge in [-0.15, -0.1) is 23.2 Å². The van der Waals surface area contributed by atoms with Crippen molar-refractivity contribution in [1.29, 1.82) is 0 Å². The van der Waals surface area contributed by atoms with E-state index in [2.05, 4.69) is 5.32 Å². The first-order chi connectivity index (χ1) is 16.8. The van der Waals surface area contributed by atoms with Crippen molar-refractivity contribution in [3.05, 3.63) is 59.9 Å². The van der Waals surface area contributed by atoms with E-state index in [1.54, 1.807) is 6.92 Å². The topological polar surface area (TPSA) is 79.0 Å². The Morgan fingerprint density at radius 1 is 1.09 bits per heavy atom. The van der Waals surface area contributed by atoms with Gasteiger partial charge < -0.3 is 19.9 Å². The third kappa shape index (κ3) is 8.40. The van der Waals surface area contributed by atoms with Crippen LogP contribution in [-0.4, -0.2) is 61.8 Å². The molecule has 0 heterocycles. The molecule has 2 amide bonds. The molecular weight excluding hydrogens is 496 g/mol. The Bertz CT molecular complexity index is 971. The van der Waals surface area contributed by atoms with Crippen LogP contribution >= 0.6 is 23.2 Å². The average Bonchev–Trinajstić information content (AvgIpc) is 2.85. The summed E-state index contributed by atoms with van der Waals surface area (Å²) in [5.41, 5.74) is 2.05. The Morgan fingerprint density at radius 3 is 2.31 bits per heavy atom. The molecule has 0 aromatic heterocycles. The molecule has 0 aliphatic rings. The Labute approximate surface area is 215 Å². The second-order valence-electron chi connectivity index (χ2n) is 7.72. The van der Waals surface area contributed by atoms with Gasteiger partial charge in [-0.25, -0.2) is 9.18 Å². The molecule has 2 atom stereocenters. The minimum Gasteiger partial charge on any atom is -0.464 e. The maximum absolute atomic E-state index is 13.3. The van der Waals surface area contributed by atoms with Crippen LogP contribution in [0.1, 0.15) is 19.4 Å². The quantitative estimate of drug-likeness (QED) is 0.231. The van der Waals surface area contributed by atoms with Gasteiger partial charge in [-0.05, 0) is 55.8 Å². The molecule has 1 N–H and O–H groups in total. The largest absolute Gasteiger partial charge is 0.464 e. The Morgan fingerprint density at radius 2 is 1.74 bits per heavy atom. The number of alkyl halides is 2. The lowest BCUT2D eigenvalue weighted by atomic mass is 10.0. The van der Waals surface area contributed by atoms with Crippen molar-refractivity contribution in [2.75, 3.05) is 41.3 Å². The van der Waals surface area contributed by atoms with Crippen molar-refractivity contribution >= 4 is 52.9 Å². The fraction of sp³-hybridized carbons (Fsp3) is 0.400. The van der Waals surface area contributed by atoms with Crippen LogP contribution in [0.5, 0.6) is 0 Å². The average molecular weight is 526 g/mol. The molecule has 190 valence electrons. The first-order valence-electron chi connectivity index (χ1n) is 11.3. The Balaban J connectivity index is 2.22. The van der Waals surface area contributed by atoms with E-state index in [-0.39, 0.29) is 13.0 Å². The number of amides is 2. The van der Waals surface area contributed by atoms with Gasteiger partial charge in [-0.3, -0.25) is 9.59 Å². The lowest BCUT2D eigenvalue weighted by Gasteiger charge is -2.27. The lowest BCUT2D eigenvalue weighted by Crippen LogP contribution is -2.51.